The molecule has 10 atom stereocenters. The Bertz CT molecular complexity index is 895. The standard InChI is InChI=1S/C31H50O8/c1-9-25(34)22(5)30-26(38-30)17-19(2)11-10-12-20(3)29-21(4)13-14-27(37-23(6)32)31(7,36-8)16-15-24(33)18-28(35)39-29/h10-14,19,21-22,24-27,29-30,33-34H,9,15-18H2,1-8H3. The number of hydrogen-bond donors (Lipinski definition) is 2. The van der Waals surface area contributed by atoms with Gasteiger partial charge in [0.1, 0.15) is 17.8 Å². The minimum Gasteiger partial charge on any atom is -0.457 e. The Morgan fingerprint density at radius 1 is 1.28 bits per heavy atom. The number of ether oxygens (including phenoxy) is 4. The van der Waals surface area contributed by atoms with Gasteiger partial charge in [-0.25, -0.2) is 0 Å². The lowest BCUT2D eigenvalue weighted by atomic mass is 9.88. The minimum absolute atomic E-state index is 0.113. The summed E-state index contributed by atoms with van der Waals surface area (Å²) in [6, 6.07) is 0. The van der Waals surface area contributed by atoms with Crippen molar-refractivity contribution in [2.24, 2.45) is 17.8 Å². The van der Waals surface area contributed by atoms with Gasteiger partial charge in [0.25, 0.3) is 0 Å². The van der Waals surface area contributed by atoms with Crippen LogP contribution in [0.15, 0.2) is 36.0 Å². The van der Waals surface area contributed by atoms with Gasteiger partial charge in [-0.1, -0.05) is 52.0 Å². The van der Waals surface area contributed by atoms with E-state index in [2.05, 4.69) is 13.0 Å². The Kier molecular flexibility index (Phi) is 12.9. The zero-order valence-electron chi connectivity index (χ0n) is 25.0. The van der Waals surface area contributed by atoms with Crippen molar-refractivity contribution in [1.29, 1.82) is 0 Å². The fraction of sp³-hybridized carbons (Fsp3) is 0.742. The van der Waals surface area contributed by atoms with E-state index in [4.69, 9.17) is 18.9 Å². The summed E-state index contributed by atoms with van der Waals surface area (Å²) >= 11 is 0. The second-order valence-corrected chi connectivity index (χ2v) is 11.6. The van der Waals surface area contributed by atoms with Crippen LogP contribution in [0.4, 0.5) is 0 Å². The van der Waals surface area contributed by atoms with Gasteiger partial charge in [-0.3, -0.25) is 9.59 Å². The second kappa shape index (κ2) is 15.1. The maximum Gasteiger partial charge on any atom is 0.309 e. The van der Waals surface area contributed by atoms with Crippen molar-refractivity contribution in [3.05, 3.63) is 36.0 Å². The summed E-state index contributed by atoms with van der Waals surface area (Å²) in [6.45, 7) is 13.2. The van der Waals surface area contributed by atoms with Gasteiger partial charge in [-0.2, -0.15) is 0 Å². The Hall–Kier alpha value is -2.00. The van der Waals surface area contributed by atoms with Crippen LogP contribution >= 0.6 is 0 Å². The summed E-state index contributed by atoms with van der Waals surface area (Å²) in [5.74, 6) is -0.708. The van der Waals surface area contributed by atoms with Crippen molar-refractivity contribution in [2.45, 2.75) is 123 Å². The highest BCUT2D eigenvalue weighted by atomic mass is 16.6. The summed E-state index contributed by atoms with van der Waals surface area (Å²) in [4.78, 5) is 24.5. The van der Waals surface area contributed by atoms with E-state index in [1.807, 2.05) is 52.8 Å². The number of rotatable bonds is 10. The molecule has 10 unspecified atom stereocenters. The van der Waals surface area contributed by atoms with Crippen molar-refractivity contribution in [3.63, 3.8) is 0 Å². The van der Waals surface area contributed by atoms with E-state index in [9.17, 15) is 19.8 Å². The molecule has 2 rings (SSSR count). The summed E-state index contributed by atoms with van der Waals surface area (Å²) in [6.07, 6.45) is 9.68. The van der Waals surface area contributed by atoms with E-state index < -0.39 is 35.9 Å². The van der Waals surface area contributed by atoms with Crippen molar-refractivity contribution >= 4 is 11.9 Å². The molecule has 2 aliphatic rings. The molecule has 8 heteroatoms. The first-order valence-electron chi connectivity index (χ1n) is 14.3. The average Bonchev–Trinajstić information content (AvgIpc) is 3.64. The monoisotopic (exact) mass is 550 g/mol. The predicted molar refractivity (Wildman–Crippen MR) is 150 cm³/mol. The SMILES string of the molecule is CCC(O)C(C)C1OC1CC(C)C=CC=C(C)C1OC(=O)CC(O)CCC(C)(OC)C(OC(C)=O)C=CC1C. The molecule has 0 saturated carbocycles. The van der Waals surface area contributed by atoms with Gasteiger partial charge in [0.05, 0.1) is 30.8 Å². The molecule has 0 aliphatic carbocycles. The first-order valence-corrected chi connectivity index (χ1v) is 14.3. The molecule has 0 bridgehead atoms. The van der Waals surface area contributed by atoms with Gasteiger partial charge >= 0.3 is 11.9 Å². The molecule has 0 radical (unpaired) electrons. The molecule has 222 valence electrons. The van der Waals surface area contributed by atoms with Crippen LogP contribution in [-0.4, -0.2) is 71.5 Å². The number of esters is 2. The van der Waals surface area contributed by atoms with Crippen LogP contribution in [-0.2, 0) is 28.5 Å². The van der Waals surface area contributed by atoms with Crippen LogP contribution in [0, 0.1) is 17.8 Å². The third kappa shape index (κ3) is 10.2. The molecule has 0 aromatic carbocycles. The topological polar surface area (TPSA) is 115 Å². The number of cyclic esters (lactones) is 1. The first-order chi connectivity index (χ1) is 18.3. The van der Waals surface area contributed by atoms with E-state index in [1.165, 1.54) is 6.92 Å². The number of carbonyl (C=O) groups is 2. The molecule has 1 saturated heterocycles. The molecule has 39 heavy (non-hydrogen) atoms. The van der Waals surface area contributed by atoms with Gasteiger partial charge in [-0.15, -0.1) is 0 Å². The number of carbonyl (C=O) groups excluding carboxylic acids is 2. The largest absolute Gasteiger partial charge is 0.457 e. The highest BCUT2D eigenvalue weighted by molar-refractivity contribution is 5.70. The normalized spacial score (nSPS) is 34.9. The van der Waals surface area contributed by atoms with E-state index in [1.54, 1.807) is 13.2 Å². The minimum atomic E-state index is -0.899. The molecule has 2 N–H and O–H groups in total. The Morgan fingerprint density at radius 3 is 2.59 bits per heavy atom. The molecule has 2 aliphatic heterocycles. The molecule has 1 fully saturated rings. The van der Waals surface area contributed by atoms with E-state index in [0.717, 1.165) is 18.4 Å². The van der Waals surface area contributed by atoms with Crippen molar-refractivity contribution in [3.8, 4) is 0 Å². The fourth-order valence-corrected chi connectivity index (χ4v) is 5.17. The third-order valence-corrected chi connectivity index (χ3v) is 8.08. The van der Waals surface area contributed by atoms with Crippen molar-refractivity contribution in [1.82, 2.24) is 0 Å². The third-order valence-electron chi connectivity index (χ3n) is 8.08. The second-order valence-electron chi connectivity index (χ2n) is 11.6. The highest BCUT2D eigenvalue weighted by Gasteiger charge is 2.45. The summed E-state index contributed by atoms with van der Waals surface area (Å²) in [5.41, 5.74) is -0.00338. The maximum atomic E-state index is 12.7. The molecular weight excluding hydrogens is 500 g/mol. The molecular formula is C31H50O8. The molecule has 0 amide bonds. The number of allylic oxidation sites excluding steroid dienone is 3. The van der Waals surface area contributed by atoms with Gasteiger partial charge in [0.2, 0.25) is 0 Å². The number of methoxy groups -OCH3 is 1. The Labute approximate surface area is 234 Å². The van der Waals surface area contributed by atoms with Crippen molar-refractivity contribution < 1.29 is 38.7 Å². The van der Waals surface area contributed by atoms with Crippen LogP contribution in [0.2, 0.25) is 0 Å². The number of hydrogen-bond acceptors (Lipinski definition) is 8. The quantitative estimate of drug-likeness (QED) is 0.174. The Balaban J connectivity index is 2.16. The lowest BCUT2D eigenvalue weighted by Crippen LogP contribution is -2.44. The van der Waals surface area contributed by atoms with E-state index in [0.29, 0.717) is 12.8 Å². The predicted octanol–water partition coefficient (Wildman–Crippen LogP) is 4.68. The van der Waals surface area contributed by atoms with Crippen LogP contribution < -0.4 is 0 Å². The van der Waals surface area contributed by atoms with E-state index in [-0.39, 0.29) is 42.5 Å². The zero-order chi connectivity index (χ0) is 29.3. The van der Waals surface area contributed by atoms with Crippen molar-refractivity contribution in [2.75, 3.05) is 7.11 Å². The summed E-state index contributed by atoms with van der Waals surface area (Å²) in [7, 11) is 1.55. The Morgan fingerprint density at radius 2 is 1.97 bits per heavy atom. The van der Waals surface area contributed by atoms with Crippen LogP contribution in [0.5, 0.6) is 0 Å². The highest BCUT2D eigenvalue weighted by Crippen LogP contribution is 2.36. The van der Waals surface area contributed by atoms with Gasteiger partial charge < -0.3 is 29.2 Å². The molecule has 8 nitrogen and oxygen atoms in total. The van der Waals surface area contributed by atoms with Gasteiger partial charge in [0, 0.05) is 25.9 Å². The molecule has 0 spiro atoms. The lowest BCUT2D eigenvalue weighted by Gasteiger charge is -2.35. The number of epoxide rings is 1. The number of aliphatic hydroxyl groups excluding tert-OH is 2. The number of aliphatic hydroxyl groups is 2. The van der Waals surface area contributed by atoms with Crippen LogP contribution in [0.3, 0.4) is 0 Å². The van der Waals surface area contributed by atoms with Crippen LogP contribution in [0.25, 0.3) is 0 Å². The molecule has 0 aromatic heterocycles. The average molecular weight is 551 g/mol. The molecule has 0 aromatic rings. The van der Waals surface area contributed by atoms with Gasteiger partial charge in [0.15, 0.2) is 0 Å². The molecule has 2 heterocycles. The summed E-state index contributed by atoms with van der Waals surface area (Å²) < 4.78 is 23.0. The van der Waals surface area contributed by atoms with Gasteiger partial charge in [-0.05, 0) is 57.1 Å². The van der Waals surface area contributed by atoms with E-state index >= 15 is 0 Å². The first kappa shape index (κ1) is 33.2. The zero-order valence-corrected chi connectivity index (χ0v) is 25.0. The van der Waals surface area contributed by atoms with Crippen LogP contribution in [0.1, 0.15) is 80.6 Å². The fourth-order valence-electron chi connectivity index (χ4n) is 5.17. The lowest BCUT2D eigenvalue weighted by molar-refractivity contribution is -0.160. The summed E-state index contributed by atoms with van der Waals surface area (Å²) in [5, 5.41) is 20.6. The maximum absolute atomic E-state index is 12.7. The smallest absolute Gasteiger partial charge is 0.309 e.